The summed E-state index contributed by atoms with van der Waals surface area (Å²) >= 11 is 0. The van der Waals surface area contributed by atoms with Gasteiger partial charge in [-0.15, -0.1) is 0 Å². The van der Waals surface area contributed by atoms with Crippen molar-refractivity contribution in [2.45, 2.75) is 39.5 Å². The highest BCUT2D eigenvalue weighted by atomic mass is 16.6. The number of carbonyl (C=O) groups is 1. The summed E-state index contributed by atoms with van der Waals surface area (Å²) in [6.45, 7) is 5.95. The number of benzene rings is 1. The molecule has 0 fully saturated rings. The molecule has 0 radical (unpaired) electrons. The third-order valence-corrected chi connectivity index (χ3v) is 2.97. The Labute approximate surface area is 112 Å². The van der Waals surface area contributed by atoms with Crippen molar-refractivity contribution in [2.24, 2.45) is 0 Å². The van der Waals surface area contributed by atoms with E-state index in [1.165, 1.54) is 6.07 Å². The summed E-state index contributed by atoms with van der Waals surface area (Å²) in [6.07, 6.45) is 1.22. The summed E-state index contributed by atoms with van der Waals surface area (Å²) in [5.74, 6) is 0.0742. The van der Waals surface area contributed by atoms with E-state index in [1.807, 2.05) is 6.92 Å². The van der Waals surface area contributed by atoms with Crippen LogP contribution in [0.2, 0.25) is 0 Å². The molecule has 0 aliphatic rings. The smallest absolute Gasteiger partial charge is 0.310 e. The number of ketones is 1. The number of Topliss-reactive ketones (excluding diaryl/α,β-unsaturated/α-hetero) is 1. The predicted molar refractivity (Wildman–Crippen MR) is 72.6 cm³/mol. The van der Waals surface area contributed by atoms with E-state index >= 15 is 0 Å². The molecule has 0 saturated heterocycles. The van der Waals surface area contributed by atoms with Crippen molar-refractivity contribution in [3.8, 4) is 5.75 Å². The lowest BCUT2D eigenvalue weighted by atomic mass is 9.95. The zero-order valence-electron chi connectivity index (χ0n) is 11.5. The molecule has 1 atom stereocenters. The zero-order chi connectivity index (χ0) is 14.4. The zero-order valence-corrected chi connectivity index (χ0v) is 11.5. The average molecular weight is 265 g/mol. The van der Waals surface area contributed by atoms with Crippen molar-refractivity contribution in [3.63, 3.8) is 0 Å². The normalized spacial score (nSPS) is 11.9. The number of carbonyl (C=O) groups excluding carboxylic acids is 1. The Hall–Kier alpha value is -1.91. The second kappa shape index (κ2) is 6.87. The monoisotopic (exact) mass is 265 g/mol. The minimum atomic E-state index is -0.471. The molecule has 0 bridgehead atoms. The van der Waals surface area contributed by atoms with Gasteiger partial charge in [-0.1, -0.05) is 26.8 Å². The molecule has 0 saturated carbocycles. The van der Waals surface area contributed by atoms with Crippen LogP contribution in [0.25, 0.3) is 0 Å². The predicted octanol–water partition coefficient (Wildman–Crippen LogP) is 3.47. The van der Waals surface area contributed by atoms with E-state index in [2.05, 4.69) is 0 Å². The van der Waals surface area contributed by atoms with Crippen LogP contribution in [0.3, 0.4) is 0 Å². The number of nitrogens with zero attached hydrogens (tertiary/aromatic N) is 1. The number of hydrogen-bond acceptors (Lipinski definition) is 4. The van der Waals surface area contributed by atoms with E-state index < -0.39 is 4.92 Å². The molecule has 0 aromatic heterocycles. The van der Waals surface area contributed by atoms with Gasteiger partial charge < -0.3 is 4.74 Å². The molecule has 0 aliphatic heterocycles. The summed E-state index contributed by atoms with van der Waals surface area (Å²) in [4.78, 5) is 22.1. The Morgan fingerprint density at radius 2 is 2.11 bits per heavy atom. The maximum atomic E-state index is 11.7. The lowest BCUT2D eigenvalue weighted by Crippen LogP contribution is -2.08. The van der Waals surface area contributed by atoms with Gasteiger partial charge in [0.2, 0.25) is 0 Å². The topological polar surface area (TPSA) is 69.4 Å². The minimum Gasteiger partial charge on any atom is -0.487 e. The quantitative estimate of drug-likeness (QED) is 0.559. The maximum absolute atomic E-state index is 11.7. The molecule has 1 unspecified atom stereocenters. The molecule has 5 nitrogen and oxygen atoms in total. The highest BCUT2D eigenvalue weighted by Gasteiger charge is 2.20. The lowest BCUT2D eigenvalue weighted by molar-refractivity contribution is -0.385. The fourth-order valence-electron chi connectivity index (χ4n) is 1.77. The molecular formula is C14H19NO4. The first-order valence-electron chi connectivity index (χ1n) is 6.45. The SMILES string of the molecule is CCCOc1cc(C(C)C(=O)CC)ccc1[N+](=O)[O-]. The third kappa shape index (κ3) is 3.77. The first kappa shape index (κ1) is 15.1. The van der Waals surface area contributed by atoms with Crippen molar-refractivity contribution >= 4 is 11.5 Å². The van der Waals surface area contributed by atoms with Crippen LogP contribution < -0.4 is 4.74 Å². The van der Waals surface area contributed by atoms with Gasteiger partial charge in [0.15, 0.2) is 5.75 Å². The fraction of sp³-hybridized carbons (Fsp3) is 0.500. The summed E-state index contributed by atoms with van der Waals surface area (Å²) in [7, 11) is 0. The van der Waals surface area contributed by atoms with Crippen molar-refractivity contribution in [1.82, 2.24) is 0 Å². The molecule has 1 aromatic carbocycles. The van der Waals surface area contributed by atoms with Crippen molar-refractivity contribution in [2.75, 3.05) is 6.61 Å². The Morgan fingerprint density at radius 3 is 2.63 bits per heavy atom. The van der Waals surface area contributed by atoms with Crippen LogP contribution in [0.4, 0.5) is 5.69 Å². The van der Waals surface area contributed by atoms with Gasteiger partial charge in [-0.3, -0.25) is 14.9 Å². The van der Waals surface area contributed by atoms with E-state index in [1.54, 1.807) is 26.0 Å². The lowest BCUT2D eigenvalue weighted by Gasteiger charge is -2.12. The molecule has 0 heterocycles. The number of nitro groups is 1. The van der Waals surface area contributed by atoms with Gasteiger partial charge >= 0.3 is 5.69 Å². The van der Waals surface area contributed by atoms with E-state index in [9.17, 15) is 14.9 Å². The largest absolute Gasteiger partial charge is 0.487 e. The van der Waals surface area contributed by atoms with E-state index in [-0.39, 0.29) is 23.1 Å². The number of rotatable bonds is 7. The van der Waals surface area contributed by atoms with Gasteiger partial charge in [-0.2, -0.15) is 0 Å². The van der Waals surface area contributed by atoms with Gasteiger partial charge in [-0.25, -0.2) is 0 Å². The molecule has 104 valence electrons. The molecular weight excluding hydrogens is 246 g/mol. The number of hydrogen-bond donors (Lipinski definition) is 0. The summed E-state index contributed by atoms with van der Waals surface area (Å²) < 4.78 is 5.40. The molecule has 0 amide bonds. The van der Waals surface area contributed by atoms with Crippen LogP contribution in [-0.2, 0) is 4.79 Å². The van der Waals surface area contributed by atoms with Gasteiger partial charge in [0.1, 0.15) is 5.78 Å². The average Bonchev–Trinajstić information content (AvgIpc) is 2.42. The molecule has 19 heavy (non-hydrogen) atoms. The Balaban J connectivity index is 3.10. The summed E-state index contributed by atoms with van der Waals surface area (Å²) in [5, 5.41) is 10.9. The van der Waals surface area contributed by atoms with Crippen LogP contribution in [0, 0.1) is 10.1 Å². The maximum Gasteiger partial charge on any atom is 0.310 e. The van der Waals surface area contributed by atoms with Crippen molar-refractivity contribution < 1.29 is 14.5 Å². The highest BCUT2D eigenvalue weighted by molar-refractivity contribution is 5.85. The Kier molecular flexibility index (Phi) is 5.48. The Bertz CT molecular complexity index is 471. The van der Waals surface area contributed by atoms with Crippen LogP contribution >= 0.6 is 0 Å². The Morgan fingerprint density at radius 1 is 1.42 bits per heavy atom. The number of ether oxygens (including phenoxy) is 1. The molecule has 0 spiro atoms. The van der Waals surface area contributed by atoms with E-state index in [0.29, 0.717) is 13.0 Å². The highest BCUT2D eigenvalue weighted by Crippen LogP contribution is 2.31. The minimum absolute atomic E-state index is 0.0617. The van der Waals surface area contributed by atoms with Gasteiger partial charge in [-0.05, 0) is 18.1 Å². The fourth-order valence-corrected chi connectivity index (χ4v) is 1.77. The molecule has 0 N–H and O–H groups in total. The van der Waals surface area contributed by atoms with Crippen LogP contribution in [0.1, 0.15) is 45.1 Å². The third-order valence-electron chi connectivity index (χ3n) is 2.97. The van der Waals surface area contributed by atoms with Gasteiger partial charge in [0.25, 0.3) is 0 Å². The molecule has 1 aromatic rings. The van der Waals surface area contributed by atoms with E-state index in [4.69, 9.17) is 4.74 Å². The molecule has 1 rings (SSSR count). The van der Waals surface area contributed by atoms with Gasteiger partial charge in [0.05, 0.1) is 11.5 Å². The van der Waals surface area contributed by atoms with Crippen LogP contribution in [0.5, 0.6) is 5.75 Å². The van der Waals surface area contributed by atoms with Crippen molar-refractivity contribution in [1.29, 1.82) is 0 Å². The first-order valence-corrected chi connectivity index (χ1v) is 6.45. The molecule has 0 aliphatic carbocycles. The second-order valence-corrected chi connectivity index (χ2v) is 4.37. The van der Waals surface area contributed by atoms with Crippen LogP contribution in [0.15, 0.2) is 18.2 Å². The van der Waals surface area contributed by atoms with Gasteiger partial charge in [0, 0.05) is 18.4 Å². The summed E-state index contributed by atoms with van der Waals surface area (Å²) in [6, 6.07) is 4.63. The van der Waals surface area contributed by atoms with Crippen LogP contribution in [-0.4, -0.2) is 17.3 Å². The van der Waals surface area contributed by atoms with Crippen molar-refractivity contribution in [3.05, 3.63) is 33.9 Å². The van der Waals surface area contributed by atoms with E-state index in [0.717, 1.165) is 12.0 Å². The standard InChI is InChI=1S/C14H19NO4/c1-4-8-19-14-9-11(10(3)13(16)5-2)6-7-12(14)15(17)18/h6-7,9-10H,4-5,8H2,1-3H3. The summed E-state index contributed by atoms with van der Waals surface area (Å²) in [5.41, 5.74) is 0.692. The first-order chi connectivity index (χ1) is 9.01. The number of nitro benzene ring substituents is 1. The molecule has 5 heteroatoms. The second-order valence-electron chi connectivity index (χ2n) is 4.37.